The van der Waals surface area contributed by atoms with E-state index in [1.54, 1.807) is 6.07 Å². The van der Waals surface area contributed by atoms with Gasteiger partial charge in [-0.1, -0.05) is 48.9 Å². The highest BCUT2D eigenvalue weighted by atomic mass is 32.2. The number of hydrogen-bond donors (Lipinski definition) is 2. The van der Waals surface area contributed by atoms with Gasteiger partial charge in [0.05, 0.1) is 11.3 Å². The van der Waals surface area contributed by atoms with Crippen molar-refractivity contribution in [1.29, 1.82) is 0 Å². The van der Waals surface area contributed by atoms with Gasteiger partial charge in [0.2, 0.25) is 0 Å². The Kier molecular flexibility index (Phi) is 6.77. The normalized spacial score (nSPS) is 10.7. The van der Waals surface area contributed by atoms with Crippen LogP contribution < -0.4 is 5.32 Å². The van der Waals surface area contributed by atoms with E-state index in [4.69, 9.17) is 9.52 Å². The second kappa shape index (κ2) is 9.47. The van der Waals surface area contributed by atoms with Gasteiger partial charge in [-0.2, -0.15) is 0 Å². The van der Waals surface area contributed by atoms with Crippen molar-refractivity contribution in [3.63, 3.8) is 0 Å². The fraction of sp³-hybridized carbons (Fsp3) is 0.217. The zero-order chi connectivity index (χ0) is 20.8. The molecule has 0 spiro atoms. The van der Waals surface area contributed by atoms with Crippen molar-refractivity contribution in [2.75, 3.05) is 11.1 Å². The molecule has 3 rings (SSSR count). The van der Waals surface area contributed by atoms with Crippen LogP contribution >= 0.6 is 11.8 Å². The highest BCUT2D eigenvalue weighted by molar-refractivity contribution is 7.99. The van der Waals surface area contributed by atoms with Gasteiger partial charge < -0.3 is 14.8 Å². The van der Waals surface area contributed by atoms with E-state index in [2.05, 4.69) is 5.32 Å². The Hall–Kier alpha value is -2.99. The topological polar surface area (TPSA) is 79.5 Å². The maximum absolute atomic E-state index is 12.9. The number of thioether (sulfide) groups is 1. The van der Waals surface area contributed by atoms with Gasteiger partial charge in [-0.05, 0) is 30.7 Å². The summed E-state index contributed by atoms with van der Waals surface area (Å²) in [6, 6.07) is 17.2. The average Bonchev–Trinajstić information content (AvgIpc) is 3.13. The van der Waals surface area contributed by atoms with Crippen molar-refractivity contribution >= 4 is 29.3 Å². The maximum atomic E-state index is 12.9. The number of nitrogens with one attached hydrogen (secondary N) is 1. The van der Waals surface area contributed by atoms with Crippen LogP contribution in [-0.2, 0) is 17.0 Å². The molecule has 29 heavy (non-hydrogen) atoms. The summed E-state index contributed by atoms with van der Waals surface area (Å²) in [5, 5.41) is 11.7. The number of anilines is 1. The van der Waals surface area contributed by atoms with E-state index in [1.807, 2.05) is 62.4 Å². The smallest absolute Gasteiger partial charge is 0.313 e. The van der Waals surface area contributed by atoms with Crippen LogP contribution in [0.15, 0.2) is 59.0 Å². The van der Waals surface area contributed by atoms with Gasteiger partial charge in [-0.25, -0.2) is 0 Å². The molecule has 1 aromatic heterocycles. The van der Waals surface area contributed by atoms with E-state index in [1.165, 1.54) is 11.8 Å². The molecule has 0 fully saturated rings. The molecule has 6 heteroatoms. The molecule has 0 saturated carbocycles. The van der Waals surface area contributed by atoms with Crippen LogP contribution in [-0.4, -0.2) is 22.7 Å². The van der Waals surface area contributed by atoms with Gasteiger partial charge in [-0.15, -0.1) is 11.8 Å². The van der Waals surface area contributed by atoms with Crippen molar-refractivity contribution < 1.29 is 19.1 Å². The number of benzene rings is 2. The van der Waals surface area contributed by atoms with Crippen LogP contribution in [0.2, 0.25) is 0 Å². The third kappa shape index (κ3) is 5.51. The summed E-state index contributed by atoms with van der Waals surface area (Å²) in [6.07, 6.45) is 0.612. The molecule has 0 saturated heterocycles. The zero-order valence-electron chi connectivity index (χ0n) is 16.4. The second-order valence-corrected chi connectivity index (χ2v) is 7.69. The third-order valence-corrected chi connectivity index (χ3v) is 5.38. The number of rotatable bonds is 8. The first-order valence-electron chi connectivity index (χ1n) is 9.36. The second-order valence-electron chi connectivity index (χ2n) is 6.71. The Bertz CT molecular complexity index is 1010. The molecule has 2 aromatic carbocycles. The number of carboxylic acids is 1. The number of amides is 1. The SMILES string of the molecule is CCc1oc(-c2ccc(C)cc2)cc1C(=O)Nc1cccc(CSCC(=O)O)c1. The number of aryl methyl sites for hydroxylation is 2. The van der Waals surface area contributed by atoms with Crippen molar-refractivity contribution in [1.82, 2.24) is 0 Å². The van der Waals surface area contributed by atoms with Gasteiger partial charge in [0.15, 0.2) is 0 Å². The highest BCUT2D eigenvalue weighted by Crippen LogP contribution is 2.27. The van der Waals surface area contributed by atoms with E-state index >= 15 is 0 Å². The molecule has 0 aliphatic rings. The lowest BCUT2D eigenvalue weighted by Gasteiger charge is -2.07. The minimum Gasteiger partial charge on any atom is -0.481 e. The molecule has 0 aliphatic heterocycles. The first-order valence-corrected chi connectivity index (χ1v) is 10.5. The van der Waals surface area contributed by atoms with Gasteiger partial charge >= 0.3 is 5.97 Å². The summed E-state index contributed by atoms with van der Waals surface area (Å²) in [5.74, 6) is 0.875. The van der Waals surface area contributed by atoms with Crippen molar-refractivity contribution in [3.05, 3.63) is 77.0 Å². The molecule has 5 nitrogen and oxygen atoms in total. The van der Waals surface area contributed by atoms with Crippen LogP contribution in [0.1, 0.15) is 34.2 Å². The molecule has 0 bridgehead atoms. The lowest BCUT2D eigenvalue weighted by atomic mass is 10.1. The number of furan rings is 1. The fourth-order valence-corrected chi connectivity index (χ4v) is 3.63. The summed E-state index contributed by atoms with van der Waals surface area (Å²) in [5.41, 5.74) is 4.24. The largest absolute Gasteiger partial charge is 0.481 e. The van der Waals surface area contributed by atoms with Gasteiger partial charge in [0.25, 0.3) is 5.91 Å². The quantitative estimate of drug-likeness (QED) is 0.522. The van der Waals surface area contributed by atoms with E-state index in [-0.39, 0.29) is 11.7 Å². The predicted molar refractivity (Wildman–Crippen MR) is 116 cm³/mol. The van der Waals surface area contributed by atoms with Gasteiger partial charge in [0.1, 0.15) is 11.5 Å². The summed E-state index contributed by atoms with van der Waals surface area (Å²) in [4.78, 5) is 23.5. The predicted octanol–water partition coefficient (Wildman–Crippen LogP) is 5.39. The number of carbonyl (C=O) groups excluding carboxylic acids is 1. The molecular weight excluding hydrogens is 386 g/mol. The molecule has 0 unspecified atom stereocenters. The summed E-state index contributed by atoms with van der Waals surface area (Å²) >= 11 is 1.32. The highest BCUT2D eigenvalue weighted by Gasteiger charge is 2.18. The molecule has 0 radical (unpaired) electrons. The van der Waals surface area contributed by atoms with Crippen molar-refractivity contribution in [2.24, 2.45) is 0 Å². The van der Waals surface area contributed by atoms with Crippen LogP contribution in [0, 0.1) is 6.92 Å². The number of aliphatic carboxylic acids is 1. The molecule has 2 N–H and O–H groups in total. The first-order chi connectivity index (χ1) is 14.0. The Balaban J connectivity index is 1.75. The molecule has 1 heterocycles. The fourth-order valence-electron chi connectivity index (χ4n) is 2.94. The molecular formula is C23H23NO4S. The Morgan fingerprint density at radius 2 is 1.86 bits per heavy atom. The maximum Gasteiger partial charge on any atom is 0.313 e. The molecule has 1 amide bonds. The van der Waals surface area contributed by atoms with Gasteiger partial charge in [-0.3, -0.25) is 9.59 Å². The van der Waals surface area contributed by atoms with Crippen LogP contribution in [0.4, 0.5) is 5.69 Å². The van der Waals surface area contributed by atoms with Crippen LogP contribution in [0.5, 0.6) is 0 Å². The third-order valence-electron chi connectivity index (χ3n) is 4.39. The lowest BCUT2D eigenvalue weighted by molar-refractivity contribution is -0.133. The number of hydrogen-bond acceptors (Lipinski definition) is 4. The standard InChI is InChI=1S/C23H23NO4S/c1-3-20-19(12-21(28-20)17-9-7-15(2)8-10-17)23(27)24-18-6-4-5-16(11-18)13-29-14-22(25)26/h4-12H,3,13-14H2,1-2H3,(H,24,27)(H,25,26). The number of carbonyl (C=O) groups is 2. The van der Waals surface area contributed by atoms with E-state index in [0.29, 0.717) is 34.9 Å². The molecule has 0 aliphatic carbocycles. The zero-order valence-corrected chi connectivity index (χ0v) is 17.2. The summed E-state index contributed by atoms with van der Waals surface area (Å²) in [6.45, 7) is 3.98. The van der Waals surface area contributed by atoms with Crippen LogP contribution in [0.25, 0.3) is 11.3 Å². The minimum atomic E-state index is -0.837. The van der Waals surface area contributed by atoms with E-state index in [9.17, 15) is 9.59 Å². The van der Waals surface area contributed by atoms with Crippen LogP contribution in [0.3, 0.4) is 0 Å². The Labute approximate surface area is 174 Å². The molecule has 150 valence electrons. The minimum absolute atomic E-state index is 0.0489. The van der Waals surface area contributed by atoms with E-state index in [0.717, 1.165) is 16.7 Å². The lowest BCUT2D eigenvalue weighted by Crippen LogP contribution is -2.12. The van der Waals surface area contributed by atoms with Crippen molar-refractivity contribution in [3.8, 4) is 11.3 Å². The average molecular weight is 410 g/mol. The Morgan fingerprint density at radius 1 is 1.10 bits per heavy atom. The number of carboxylic acid groups (broad SMARTS) is 1. The van der Waals surface area contributed by atoms with Crippen molar-refractivity contribution in [2.45, 2.75) is 26.0 Å². The van der Waals surface area contributed by atoms with Gasteiger partial charge in [0, 0.05) is 23.4 Å². The molecule has 0 atom stereocenters. The molecule has 3 aromatic rings. The first kappa shape index (κ1) is 20.7. The summed E-state index contributed by atoms with van der Waals surface area (Å²) in [7, 11) is 0. The summed E-state index contributed by atoms with van der Waals surface area (Å²) < 4.78 is 5.93. The monoisotopic (exact) mass is 409 g/mol. The van der Waals surface area contributed by atoms with E-state index < -0.39 is 5.97 Å². The Morgan fingerprint density at radius 3 is 2.55 bits per heavy atom.